The predicted octanol–water partition coefficient (Wildman–Crippen LogP) is 2.89. The lowest BCUT2D eigenvalue weighted by Gasteiger charge is -2.22. The number of carbonyl (C=O) groups is 2. The number of rotatable bonds is 8. The summed E-state index contributed by atoms with van der Waals surface area (Å²) in [6.07, 6.45) is 4.67. The molecule has 0 spiro atoms. The molecule has 1 aromatic rings. The summed E-state index contributed by atoms with van der Waals surface area (Å²) in [5, 5.41) is 9.13. The fraction of sp³-hybridized carbons (Fsp3) is 0.556. The molecule has 2 amide bonds. The van der Waals surface area contributed by atoms with Crippen LogP contribution >= 0.6 is 28.3 Å². The molecule has 5 nitrogen and oxygen atoms in total. The first kappa shape index (κ1) is 21.9. The predicted molar refractivity (Wildman–Crippen MR) is 106 cm³/mol. The van der Waals surface area contributed by atoms with Gasteiger partial charge in [0.2, 0.25) is 5.91 Å². The Bertz CT molecular complexity index is 551. The topological polar surface area (TPSA) is 70.2 Å². The number of hydrogen-bond acceptors (Lipinski definition) is 3. The van der Waals surface area contributed by atoms with Gasteiger partial charge in [0.1, 0.15) is 0 Å². The third-order valence-electron chi connectivity index (χ3n) is 4.29. The molecule has 1 saturated heterocycles. The molecule has 25 heavy (non-hydrogen) atoms. The van der Waals surface area contributed by atoms with Crippen molar-refractivity contribution in [2.75, 3.05) is 26.2 Å². The second kappa shape index (κ2) is 12.3. The number of amides is 2. The van der Waals surface area contributed by atoms with Gasteiger partial charge >= 0.3 is 0 Å². The number of benzene rings is 1. The Kier molecular flexibility index (Phi) is 10.8. The molecule has 1 fully saturated rings. The van der Waals surface area contributed by atoms with Crippen LogP contribution in [0.4, 0.5) is 0 Å². The van der Waals surface area contributed by atoms with Gasteiger partial charge in [-0.25, -0.2) is 0 Å². The highest BCUT2D eigenvalue weighted by molar-refractivity contribution is 9.10. The first-order valence-electron chi connectivity index (χ1n) is 8.66. The molecule has 140 valence electrons. The molecular weight excluding hydrogens is 406 g/mol. The van der Waals surface area contributed by atoms with Crippen LogP contribution < -0.4 is 16.0 Å². The molecular formula is C18H27BrClN3O2. The van der Waals surface area contributed by atoms with E-state index in [1.807, 2.05) is 12.1 Å². The molecule has 0 unspecified atom stereocenters. The van der Waals surface area contributed by atoms with Crippen LogP contribution in [-0.2, 0) is 4.79 Å². The van der Waals surface area contributed by atoms with Crippen molar-refractivity contribution in [3.8, 4) is 0 Å². The average Bonchev–Trinajstić information content (AvgIpc) is 2.60. The standard InChI is InChI=1S/C18H26BrN3O2.ClH/c19-16-4-1-3-15(13-16)18(24)22-10-2-9-21-17(23)6-5-14-7-11-20-12-8-14;/h1,3-4,13-14,20H,2,5-12H2,(H,21,23)(H,22,24);1H. The zero-order valence-electron chi connectivity index (χ0n) is 14.4. The summed E-state index contributed by atoms with van der Waals surface area (Å²) < 4.78 is 0.885. The number of nitrogens with one attached hydrogen (secondary N) is 3. The minimum atomic E-state index is -0.0893. The van der Waals surface area contributed by atoms with E-state index in [1.165, 1.54) is 12.8 Å². The van der Waals surface area contributed by atoms with Gasteiger partial charge in [-0.05, 0) is 62.9 Å². The van der Waals surface area contributed by atoms with Crippen LogP contribution in [0.1, 0.15) is 42.5 Å². The largest absolute Gasteiger partial charge is 0.356 e. The molecule has 1 aromatic carbocycles. The van der Waals surface area contributed by atoms with Gasteiger partial charge in [0.15, 0.2) is 0 Å². The second-order valence-electron chi connectivity index (χ2n) is 6.20. The first-order valence-corrected chi connectivity index (χ1v) is 9.45. The van der Waals surface area contributed by atoms with E-state index >= 15 is 0 Å². The van der Waals surface area contributed by atoms with Crippen LogP contribution in [0.25, 0.3) is 0 Å². The number of piperidine rings is 1. The third-order valence-corrected chi connectivity index (χ3v) is 4.78. The maximum Gasteiger partial charge on any atom is 0.251 e. The van der Waals surface area contributed by atoms with Gasteiger partial charge in [0.25, 0.3) is 5.91 Å². The highest BCUT2D eigenvalue weighted by Gasteiger charge is 2.14. The normalized spacial score (nSPS) is 14.4. The SMILES string of the molecule is Cl.O=C(CCC1CCNCC1)NCCCNC(=O)c1cccc(Br)c1. The molecule has 0 aromatic heterocycles. The fourth-order valence-corrected chi connectivity index (χ4v) is 3.24. The molecule has 0 aliphatic carbocycles. The summed E-state index contributed by atoms with van der Waals surface area (Å²) in [5.41, 5.74) is 0.635. The van der Waals surface area contributed by atoms with Gasteiger partial charge in [-0.1, -0.05) is 22.0 Å². The summed E-state index contributed by atoms with van der Waals surface area (Å²) >= 11 is 3.35. The van der Waals surface area contributed by atoms with Crippen molar-refractivity contribution in [2.45, 2.75) is 32.1 Å². The minimum absolute atomic E-state index is 0. The molecule has 1 heterocycles. The molecule has 7 heteroatoms. The highest BCUT2D eigenvalue weighted by Crippen LogP contribution is 2.17. The highest BCUT2D eigenvalue weighted by atomic mass is 79.9. The molecule has 1 aliphatic heterocycles. The molecule has 1 aliphatic rings. The van der Waals surface area contributed by atoms with Crippen LogP contribution in [0, 0.1) is 5.92 Å². The van der Waals surface area contributed by atoms with E-state index in [1.54, 1.807) is 12.1 Å². The molecule has 0 bridgehead atoms. The third kappa shape index (κ3) is 8.70. The van der Waals surface area contributed by atoms with Crippen LogP contribution in [0.3, 0.4) is 0 Å². The smallest absolute Gasteiger partial charge is 0.251 e. The van der Waals surface area contributed by atoms with Crippen molar-refractivity contribution in [3.63, 3.8) is 0 Å². The Morgan fingerprint density at radius 1 is 1.16 bits per heavy atom. The van der Waals surface area contributed by atoms with Crippen molar-refractivity contribution in [1.29, 1.82) is 0 Å². The van der Waals surface area contributed by atoms with Crippen molar-refractivity contribution in [1.82, 2.24) is 16.0 Å². The zero-order valence-corrected chi connectivity index (χ0v) is 16.8. The van der Waals surface area contributed by atoms with Gasteiger partial charge in [-0.2, -0.15) is 0 Å². The van der Waals surface area contributed by atoms with Gasteiger partial charge < -0.3 is 16.0 Å². The quantitative estimate of drug-likeness (QED) is 0.553. The molecule has 3 N–H and O–H groups in total. The summed E-state index contributed by atoms with van der Waals surface area (Å²) in [5.74, 6) is 0.710. The first-order chi connectivity index (χ1) is 11.6. The Hall–Kier alpha value is -1.11. The average molecular weight is 433 g/mol. The molecule has 0 radical (unpaired) electrons. The monoisotopic (exact) mass is 431 g/mol. The van der Waals surface area contributed by atoms with Crippen molar-refractivity contribution < 1.29 is 9.59 Å². The summed E-state index contributed by atoms with van der Waals surface area (Å²) in [7, 11) is 0. The Balaban J connectivity index is 0.00000312. The van der Waals surface area contributed by atoms with Crippen molar-refractivity contribution >= 4 is 40.2 Å². The molecule has 0 saturated carbocycles. The fourth-order valence-electron chi connectivity index (χ4n) is 2.84. The summed E-state index contributed by atoms with van der Waals surface area (Å²) in [6, 6.07) is 7.29. The van der Waals surface area contributed by atoms with E-state index in [4.69, 9.17) is 0 Å². The summed E-state index contributed by atoms with van der Waals surface area (Å²) in [4.78, 5) is 23.8. The Morgan fingerprint density at radius 3 is 2.60 bits per heavy atom. The number of halogens is 2. The van der Waals surface area contributed by atoms with E-state index in [-0.39, 0.29) is 24.2 Å². The zero-order chi connectivity index (χ0) is 17.2. The van der Waals surface area contributed by atoms with Gasteiger partial charge in [0, 0.05) is 29.5 Å². The lowest BCUT2D eigenvalue weighted by Crippen LogP contribution is -2.31. The van der Waals surface area contributed by atoms with Crippen molar-refractivity contribution in [2.24, 2.45) is 5.92 Å². The van der Waals surface area contributed by atoms with Gasteiger partial charge in [-0.3, -0.25) is 9.59 Å². The lowest BCUT2D eigenvalue weighted by atomic mass is 9.93. The van der Waals surface area contributed by atoms with E-state index < -0.39 is 0 Å². The number of hydrogen-bond donors (Lipinski definition) is 3. The maximum atomic E-state index is 11.9. The summed E-state index contributed by atoms with van der Waals surface area (Å²) in [6.45, 7) is 3.30. The Morgan fingerprint density at radius 2 is 1.88 bits per heavy atom. The van der Waals surface area contributed by atoms with E-state index in [9.17, 15) is 9.59 Å². The minimum Gasteiger partial charge on any atom is -0.356 e. The van der Waals surface area contributed by atoms with Crippen LogP contribution in [-0.4, -0.2) is 38.0 Å². The van der Waals surface area contributed by atoms with Crippen LogP contribution in [0.5, 0.6) is 0 Å². The van der Waals surface area contributed by atoms with Gasteiger partial charge in [0.05, 0.1) is 0 Å². The van der Waals surface area contributed by atoms with Crippen LogP contribution in [0.15, 0.2) is 28.7 Å². The Labute approximate surface area is 164 Å². The molecule has 0 atom stereocenters. The van der Waals surface area contributed by atoms with Crippen molar-refractivity contribution in [3.05, 3.63) is 34.3 Å². The second-order valence-corrected chi connectivity index (χ2v) is 7.12. The van der Waals surface area contributed by atoms with Crippen LogP contribution in [0.2, 0.25) is 0 Å². The van der Waals surface area contributed by atoms with Gasteiger partial charge in [-0.15, -0.1) is 12.4 Å². The van der Waals surface area contributed by atoms with E-state index in [0.29, 0.717) is 31.0 Å². The van der Waals surface area contributed by atoms with E-state index in [0.717, 1.165) is 30.4 Å². The lowest BCUT2D eigenvalue weighted by molar-refractivity contribution is -0.121. The maximum absolute atomic E-state index is 11.9. The van der Waals surface area contributed by atoms with E-state index in [2.05, 4.69) is 31.9 Å². The molecule has 2 rings (SSSR count). The number of carbonyl (C=O) groups excluding carboxylic acids is 2.